The number of ether oxygens (including phenoxy) is 2. The van der Waals surface area contributed by atoms with Gasteiger partial charge in [0.1, 0.15) is 5.75 Å². The highest BCUT2D eigenvalue weighted by Crippen LogP contribution is 2.35. The van der Waals surface area contributed by atoms with Crippen molar-refractivity contribution in [3.8, 4) is 23.3 Å². The minimum atomic E-state index is -3.50. The van der Waals surface area contributed by atoms with Gasteiger partial charge in [-0.1, -0.05) is 41.9 Å². The molecular formula is C23H17Cl2NO4S. The van der Waals surface area contributed by atoms with Crippen molar-refractivity contribution in [2.24, 2.45) is 0 Å². The van der Waals surface area contributed by atoms with Crippen molar-refractivity contribution in [1.29, 1.82) is 5.26 Å². The molecule has 0 radical (unpaired) electrons. The van der Waals surface area contributed by atoms with Crippen LogP contribution in [0.3, 0.4) is 0 Å². The number of nitrogens with zero attached hydrogens (tertiary/aromatic N) is 1. The second kappa shape index (κ2) is 9.88. The highest BCUT2D eigenvalue weighted by molar-refractivity contribution is 7.94. The molecule has 0 aliphatic heterocycles. The fraction of sp³-hybridized carbons (Fsp3) is 0.0870. The molecular weight excluding hydrogens is 457 g/mol. The molecule has 0 atom stereocenters. The van der Waals surface area contributed by atoms with E-state index in [9.17, 15) is 8.42 Å². The fourth-order valence-corrected chi connectivity index (χ4v) is 3.91. The number of benzene rings is 3. The van der Waals surface area contributed by atoms with Gasteiger partial charge >= 0.3 is 0 Å². The summed E-state index contributed by atoms with van der Waals surface area (Å²) in [4.78, 5) is 0.182. The van der Waals surface area contributed by atoms with Crippen LogP contribution in [0.2, 0.25) is 10.0 Å². The third kappa shape index (κ3) is 6.02. The molecule has 0 N–H and O–H groups in total. The van der Waals surface area contributed by atoms with E-state index in [0.29, 0.717) is 39.3 Å². The molecule has 0 heterocycles. The second-order valence-corrected chi connectivity index (χ2v) is 9.21. The Kier molecular flexibility index (Phi) is 7.24. The largest absolute Gasteiger partial charge is 0.489 e. The van der Waals surface area contributed by atoms with E-state index in [1.165, 1.54) is 12.1 Å². The SMILES string of the molecule is C=CS(=O)(=O)c1cccc(CCOc2cc(Cl)ccc2Oc2cc(Cl)cc(C#N)c2)c1. The number of hydrogen-bond donors (Lipinski definition) is 0. The lowest BCUT2D eigenvalue weighted by molar-refractivity contribution is 0.306. The van der Waals surface area contributed by atoms with Gasteiger partial charge in [-0.2, -0.15) is 5.26 Å². The van der Waals surface area contributed by atoms with Gasteiger partial charge in [0.2, 0.25) is 0 Å². The molecule has 3 aromatic carbocycles. The van der Waals surface area contributed by atoms with E-state index in [4.69, 9.17) is 37.9 Å². The topological polar surface area (TPSA) is 76.4 Å². The Morgan fingerprint density at radius 1 is 1.00 bits per heavy atom. The number of sulfone groups is 1. The van der Waals surface area contributed by atoms with E-state index < -0.39 is 9.84 Å². The van der Waals surface area contributed by atoms with Crippen LogP contribution < -0.4 is 9.47 Å². The van der Waals surface area contributed by atoms with Crippen molar-refractivity contribution in [3.63, 3.8) is 0 Å². The van der Waals surface area contributed by atoms with Crippen molar-refractivity contribution in [3.05, 3.63) is 93.8 Å². The summed E-state index contributed by atoms with van der Waals surface area (Å²) in [5.74, 6) is 1.19. The Morgan fingerprint density at radius 2 is 1.81 bits per heavy atom. The van der Waals surface area contributed by atoms with Crippen molar-refractivity contribution < 1.29 is 17.9 Å². The maximum Gasteiger partial charge on any atom is 0.199 e. The molecule has 0 aliphatic rings. The molecule has 0 saturated carbocycles. The first kappa shape index (κ1) is 22.7. The molecule has 158 valence electrons. The lowest BCUT2D eigenvalue weighted by Crippen LogP contribution is -2.04. The van der Waals surface area contributed by atoms with Crippen molar-refractivity contribution in [2.45, 2.75) is 11.3 Å². The second-order valence-electron chi connectivity index (χ2n) is 6.44. The standard InChI is InChI=1S/C23H17Cl2NO4S/c1-2-31(27,28)21-5-3-4-16(12-21)8-9-29-23-14-18(24)6-7-22(23)30-20-11-17(15-26)10-19(25)13-20/h2-7,10-14H,1,8-9H2. The quantitative estimate of drug-likeness (QED) is 0.389. The molecule has 0 spiro atoms. The zero-order chi connectivity index (χ0) is 22.4. The summed E-state index contributed by atoms with van der Waals surface area (Å²) in [6.45, 7) is 3.60. The smallest absolute Gasteiger partial charge is 0.199 e. The van der Waals surface area contributed by atoms with Gasteiger partial charge in [-0.15, -0.1) is 0 Å². The van der Waals surface area contributed by atoms with E-state index in [1.54, 1.807) is 42.5 Å². The number of halogens is 2. The predicted octanol–water partition coefficient (Wildman–Crippen LogP) is 6.20. The summed E-state index contributed by atoms with van der Waals surface area (Å²) < 4.78 is 35.6. The van der Waals surface area contributed by atoms with E-state index in [2.05, 4.69) is 6.58 Å². The Labute approximate surface area is 191 Å². The van der Waals surface area contributed by atoms with E-state index in [1.807, 2.05) is 12.1 Å². The van der Waals surface area contributed by atoms with Crippen molar-refractivity contribution in [1.82, 2.24) is 0 Å². The van der Waals surface area contributed by atoms with Crippen LogP contribution in [-0.4, -0.2) is 15.0 Å². The average molecular weight is 474 g/mol. The van der Waals surface area contributed by atoms with Crippen LogP contribution >= 0.6 is 23.2 Å². The van der Waals surface area contributed by atoms with E-state index in [0.717, 1.165) is 11.0 Å². The molecule has 31 heavy (non-hydrogen) atoms. The highest BCUT2D eigenvalue weighted by atomic mass is 35.5. The fourth-order valence-electron chi connectivity index (χ4n) is 2.75. The first-order chi connectivity index (χ1) is 14.8. The Bertz CT molecular complexity index is 1270. The summed E-state index contributed by atoms with van der Waals surface area (Å²) in [5, 5.41) is 10.9. The summed E-state index contributed by atoms with van der Waals surface area (Å²) in [6, 6.07) is 18.2. The third-order valence-electron chi connectivity index (χ3n) is 4.23. The van der Waals surface area contributed by atoms with Crippen LogP contribution in [0.5, 0.6) is 17.2 Å². The van der Waals surface area contributed by atoms with E-state index >= 15 is 0 Å². The normalized spacial score (nSPS) is 10.9. The van der Waals surface area contributed by atoms with Crippen molar-refractivity contribution in [2.75, 3.05) is 6.61 Å². The van der Waals surface area contributed by atoms with Gasteiger partial charge in [-0.3, -0.25) is 0 Å². The van der Waals surface area contributed by atoms with Crippen molar-refractivity contribution >= 4 is 33.0 Å². The maximum absolute atomic E-state index is 12.0. The Balaban J connectivity index is 1.75. The molecule has 5 nitrogen and oxygen atoms in total. The first-order valence-corrected chi connectivity index (χ1v) is 11.4. The van der Waals surface area contributed by atoms with Gasteiger partial charge in [-0.05, 0) is 48.0 Å². The van der Waals surface area contributed by atoms with Gasteiger partial charge in [0.05, 0.1) is 23.1 Å². The van der Waals surface area contributed by atoms with Crippen LogP contribution in [0, 0.1) is 11.3 Å². The van der Waals surface area contributed by atoms with Gasteiger partial charge in [-0.25, -0.2) is 8.42 Å². The van der Waals surface area contributed by atoms with Crippen LogP contribution in [0.15, 0.2) is 77.5 Å². The molecule has 0 bridgehead atoms. The van der Waals surface area contributed by atoms with Gasteiger partial charge < -0.3 is 9.47 Å². The lowest BCUT2D eigenvalue weighted by atomic mass is 10.2. The first-order valence-electron chi connectivity index (χ1n) is 9.08. The summed E-state index contributed by atoms with van der Waals surface area (Å²) in [5.41, 5.74) is 1.16. The van der Waals surface area contributed by atoms with Gasteiger partial charge in [0.25, 0.3) is 0 Å². The van der Waals surface area contributed by atoms with Crippen LogP contribution in [0.1, 0.15) is 11.1 Å². The van der Waals surface area contributed by atoms with Crippen LogP contribution in [-0.2, 0) is 16.3 Å². The number of hydrogen-bond acceptors (Lipinski definition) is 5. The minimum Gasteiger partial charge on any atom is -0.489 e. The zero-order valence-electron chi connectivity index (χ0n) is 16.2. The molecule has 8 heteroatoms. The predicted molar refractivity (Wildman–Crippen MR) is 121 cm³/mol. The lowest BCUT2D eigenvalue weighted by Gasteiger charge is -2.13. The number of rotatable bonds is 8. The molecule has 0 fully saturated rings. The average Bonchev–Trinajstić information content (AvgIpc) is 2.75. The van der Waals surface area contributed by atoms with Gasteiger partial charge in [0, 0.05) is 27.9 Å². The monoisotopic (exact) mass is 473 g/mol. The number of nitriles is 1. The maximum atomic E-state index is 12.0. The Hall–Kier alpha value is -2.98. The molecule has 0 unspecified atom stereocenters. The van der Waals surface area contributed by atoms with Crippen LogP contribution in [0.25, 0.3) is 0 Å². The summed E-state index contributed by atoms with van der Waals surface area (Å²) >= 11 is 12.1. The van der Waals surface area contributed by atoms with Crippen LogP contribution in [0.4, 0.5) is 0 Å². The van der Waals surface area contributed by atoms with Gasteiger partial charge in [0.15, 0.2) is 21.3 Å². The molecule has 0 aliphatic carbocycles. The zero-order valence-corrected chi connectivity index (χ0v) is 18.5. The third-order valence-corrected chi connectivity index (χ3v) is 6.03. The molecule has 3 rings (SSSR count). The minimum absolute atomic E-state index is 0.182. The Morgan fingerprint density at radius 3 is 2.55 bits per heavy atom. The highest BCUT2D eigenvalue weighted by Gasteiger charge is 2.12. The molecule has 0 amide bonds. The van der Waals surface area contributed by atoms with E-state index in [-0.39, 0.29) is 11.5 Å². The molecule has 0 saturated heterocycles. The molecule has 0 aromatic heterocycles. The summed E-state index contributed by atoms with van der Waals surface area (Å²) in [6.07, 6.45) is 0.461. The summed E-state index contributed by atoms with van der Waals surface area (Å²) in [7, 11) is -3.50. The molecule has 3 aromatic rings.